The summed E-state index contributed by atoms with van der Waals surface area (Å²) in [7, 11) is 1.61. The molecule has 1 N–H and O–H groups in total. The van der Waals surface area contributed by atoms with Crippen molar-refractivity contribution in [3.05, 3.63) is 46.8 Å². The van der Waals surface area contributed by atoms with Crippen LogP contribution in [0.15, 0.2) is 35.5 Å². The number of aromatic nitrogens is 5. The van der Waals surface area contributed by atoms with E-state index in [0.29, 0.717) is 24.5 Å². The van der Waals surface area contributed by atoms with Gasteiger partial charge >= 0.3 is 11.8 Å². The Morgan fingerprint density at radius 3 is 2.70 bits per heavy atom. The molecule has 1 atom stereocenters. The van der Waals surface area contributed by atoms with Crippen molar-refractivity contribution >= 4 is 22.8 Å². The number of hydrogen-bond acceptors (Lipinski definition) is 6. The first-order valence-corrected chi connectivity index (χ1v) is 12.7. The van der Waals surface area contributed by atoms with Gasteiger partial charge < -0.3 is 19.4 Å². The van der Waals surface area contributed by atoms with Crippen LogP contribution in [0.3, 0.4) is 0 Å². The van der Waals surface area contributed by atoms with Gasteiger partial charge in [-0.25, -0.2) is 19.1 Å². The predicted octanol–water partition coefficient (Wildman–Crippen LogP) is 4.74. The van der Waals surface area contributed by atoms with E-state index >= 15 is 0 Å². The van der Waals surface area contributed by atoms with Crippen LogP contribution in [0.25, 0.3) is 27.8 Å². The van der Waals surface area contributed by atoms with Crippen molar-refractivity contribution in [3.63, 3.8) is 0 Å². The lowest BCUT2D eigenvalue weighted by atomic mass is 9.92. The zero-order valence-electron chi connectivity index (χ0n) is 22.2. The minimum atomic E-state index is -0.567. The van der Waals surface area contributed by atoms with Crippen molar-refractivity contribution in [1.29, 1.82) is 0 Å². The molecule has 37 heavy (non-hydrogen) atoms. The quantitative estimate of drug-likeness (QED) is 0.428. The van der Waals surface area contributed by atoms with Gasteiger partial charge in [0.2, 0.25) is 0 Å². The lowest BCUT2D eigenvalue weighted by Crippen LogP contribution is -2.44. The van der Waals surface area contributed by atoms with E-state index in [-0.39, 0.29) is 23.7 Å². The van der Waals surface area contributed by atoms with Gasteiger partial charge in [-0.15, -0.1) is 0 Å². The summed E-state index contributed by atoms with van der Waals surface area (Å²) in [4.78, 5) is 35.0. The number of pyridine rings is 1. The SMILES string of the molecule is COc1cc(-c2cc3[nH]c(=O)n(C4CCCN(C(=O)OC(C)(C)C)C4)c3cc2C(C)C)cn2ncnc12. The van der Waals surface area contributed by atoms with Crippen molar-refractivity contribution in [2.45, 2.75) is 65.0 Å². The Balaban J connectivity index is 1.58. The highest BCUT2D eigenvalue weighted by atomic mass is 16.6. The summed E-state index contributed by atoms with van der Waals surface area (Å²) in [5, 5.41) is 4.29. The minimum Gasteiger partial charge on any atom is -0.493 e. The fraction of sp³-hybridized carbons (Fsp3) is 0.481. The van der Waals surface area contributed by atoms with E-state index in [1.54, 1.807) is 16.5 Å². The van der Waals surface area contributed by atoms with Gasteiger partial charge in [0, 0.05) is 24.8 Å². The maximum atomic E-state index is 13.2. The van der Waals surface area contributed by atoms with E-state index in [1.165, 1.54) is 6.33 Å². The average molecular weight is 507 g/mol. The molecule has 0 spiro atoms. The van der Waals surface area contributed by atoms with Crippen LogP contribution < -0.4 is 10.4 Å². The van der Waals surface area contributed by atoms with Crippen molar-refractivity contribution in [1.82, 2.24) is 29.0 Å². The first-order chi connectivity index (χ1) is 17.6. The number of piperidine rings is 1. The van der Waals surface area contributed by atoms with E-state index in [9.17, 15) is 9.59 Å². The number of nitrogens with zero attached hydrogens (tertiary/aromatic N) is 5. The molecule has 1 amide bonds. The number of amides is 1. The molecular formula is C27H34N6O4. The van der Waals surface area contributed by atoms with Crippen LogP contribution >= 0.6 is 0 Å². The second kappa shape index (κ2) is 9.24. The summed E-state index contributed by atoms with van der Waals surface area (Å²) in [6, 6.07) is 5.93. The molecule has 1 aromatic carbocycles. The molecule has 1 aliphatic heterocycles. The Bertz CT molecular complexity index is 1520. The van der Waals surface area contributed by atoms with Crippen LogP contribution in [-0.4, -0.2) is 60.9 Å². The Labute approximate surface area is 215 Å². The molecule has 1 saturated heterocycles. The number of hydrogen-bond donors (Lipinski definition) is 1. The number of imidazole rings is 1. The molecular weight excluding hydrogens is 472 g/mol. The van der Waals surface area contributed by atoms with E-state index in [4.69, 9.17) is 9.47 Å². The number of H-pyrrole nitrogens is 1. The van der Waals surface area contributed by atoms with Crippen LogP contribution in [0.1, 0.15) is 65.0 Å². The molecule has 10 heteroatoms. The molecule has 3 aromatic heterocycles. The predicted molar refractivity (Wildman–Crippen MR) is 141 cm³/mol. The molecule has 0 saturated carbocycles. The normalized spacial score (nSPS) is 16.6. The van der Waals surface area contributed by atoms with Crippen LogP contribution in [0.5, 0.6) is 5.75 Å². The molecule has 0 radical (unpaired) electrons. The summed E-state index contributed by atoms with van der Waals surface area (Å²) < 4.78 is 14.7. The zero-order valence-corrected chi connectivity index (χ0v) is 22.2. The fourth-order valence-electron chi connectivity index (χ4n) is 5.13. The highest BCUT2D eigenvalue weighted by Gasteiger charge is 2.30. The molecule has 1 unspecified atom stereocenters. The molecule has 0 bridgehead atoms. The van der Waals surface area contributed by atoms with Gasteiger partial charge in [-0.3, -0.25) is 4.57 Å². The number of carbonyl (C=O) groups excluding carboxylic acids is 1. The molecule has 4 aromatic rings. The van der Waals surface area contributed by atoms with Crippen molar-refractivity contribution in [3.8, 4) is 16.9 Å². The molecule has 4 heterocycles. The molecule has 0 aliphatic carbocycles. The number of likely N-dealkylation sites (tertiary alicyclic amines) is 1. The number of ether oxygens (including phenoxy) is 2. The van der Waals surface area contributed by atoms with Gasteiger partial charge in [-0.2, -0.15) is 5.10 Å². The fourth-order valence-corrected chi connectivity index (χ4v) is 5.13. The summed E-state index contributed by atoms with van der Waals surface area (Å²) >= 11 is 0. The largest absolute Gasteiger partial charge is 0.493 e. The Hall–Kier alpha value is -3.82. The number of methoxy groups -OCH3 is 1. The molecule has 1 aliphatic rings. The van der Waals surface area contributed by atoms with Crippen LogP contribution in [0.4, 0.5) is 4.79 Å². The summed E-state index contributed by atoms with van der Waals surface area (Å²) in [6.07, 6.45) is 4.69. The van der Waals surface area contributed by atoms with Gasteiger partial charge in [-0.1, -0.05) is 13.8 Å². The van der Waals surface area contributed by atoms with E-state index in [1.807, 2.05) is 43.7 Å². The number of aromatic amines is 1. The third-order valence-electron chi connectivity index (χ3n) is 6.80. The van der Waals surface area contributed by atoms with Gasteiger partial charge in [0.25, 0.3) is 0 Å². The van der Waals surface area contributed by atoms with Crippen molar-refractivity contribution in [2.24, 2.45) is 0 Å². The smallest absolute Gasteiger partial charge is 0.410 e. The highest BCUT2D eigenvalue weighted by Crippen LogP contribution is 2.36. The van der Waals surface area contributed by atoms with E-state index < -0.39 is 5.60 Å². The number of rotatable bonds is 4. The van der Waals surface area contributed by atoms with Gasteiger partial charge in [0.05, 0.1) is 24.2 Å². The molecule has 1 fully saturated rings. The lowest BCUT2D eigenvalue weighted by Gasteiger charge is -2.34. The van der Waals surface area contributed by atoms with Gasteiger partial charge in [0.1, 0.15) is 11.9 Å². The number of benzene rings is 1. The topological polar surface area (TPSA) is 107 Å². The Morgan fingerprint density at radius 1 is 1.22 bits per heavy atom. The van der Waals surface area contributed by atoms with Crippen LogP contribution in [0, 0.1) is 0 Å². The minimum absolute atomic E-state index is 0.139. The standard InChI is InChI=1S/C27H34N6O4/c1-16(2)19-12-22-21(11-20(19)17-10-23(36-6)24-28-15-29-32(24)13-17)30-25(34)33(22)18-8-7-9-31(14-18)26(35)37-27(3,4)5/h10-13,15-16,18H,7-9,14H2,1-6H3,(H,30,34). The lowest BCUT2D eigenvalue weighted by molar-refractivity contribution is 0.0173. The maximum Gasteiger partial charge on any atom is 0.410 e. The van der Waals surface area contributed by atoms with E-state index in [0.717, 1.165) is 40.6 Å². The molecule has 196 valence electrons. The monoisotopic (exact) mass is 506 g/mol. The highest BCUT2D eigenvalue weighted by molar-refractivity contribution is 5.85. The van der Waals surface area contributed by atoms with Crippen LogP contribution in [0.2, 0.25) is 0 Å². The Morgan fingerprint density at radius 2 is 2.00 bits per heavy atom. The van der Waals surface area contributed by atoms with Gasteiger partial charge in [-0.05, 0) is 68.9 Å². The Kier molecular flexibility index (Phi) is 6.21. The first kappa shape index (κ1) is 24.9. The van der Waals surface area contributed by atoms with Crippen molar-refractivity contribution in [2.75, 3.05) is 20.2 Å². The van der Waals surface area contributed by atoms with E-state index in [2.05, 4.69) is 35.0 Å². The number of nitrogens with one attached hydrogen (secondary N) is 1. The third-order valence-corrected chi connectivity index (χ3v) is 6.80. The second-order valence-corrected chi connectivity index (χ2v) is 11.0. The van der Waals surface area contributed by atoms with Gasteiger partial charge in [0.15, 0.2) is 11.4 Å². The summed E-state index contributed by atoms with van der Waals surface area (Å²) in [5.41, 5.74) is 4.49. The molecule has 10 nitrogen and oxygen atoms in total. The summed E-state index contributed by atoms with van der Waals surface area (Å²) in [5.74, 6) is 0.820. The van der Waals surface area contributed by atoms with Crippen LogP contribution in [-0.2, 0) is 4.74 Å². The maximum absolute atomic E-state index is 13.2. The number of carbonyl (C=O) groups is 1. The zero-order chi connectivity index (χ0) is 26.5. The molecule has 5 rings (SSSR count). The third kappa shape index (κ3) is 4.68. The van der Waals surface area contributed by atoms with Crippen molar-refractivity contribution < 1.29 is 14.3 Å². The second-order valence-electron chi connectivity index (χ2n) is 11.0. The average Bonchev–Trinajstić information content (AvgIpc) is 3.44. The number of fused-ring (bicyclic) bond motifs is 2. The first-order valence-electron chi connectivity index (χ1n) is 12.7. The summed E-state index contributed by atoms with van der Waals surface area (Å²) in [6.45, 7) is 10.9.